The van der Waals surface area contributed by atoms with Crippen LogP contribution in [-0.2, 0) is 0 Å². The Bertz CT molecular complexity index is 424. The first-order valence-electron chi connectivity index (χ1n) is 6.05. The second kappa shape index (κ2) is 6.29. The van der Waals surface area contributed by atoms with E-state index in [9.17, 15) is 8.78 Å². The molecule has 1 aromatic rings. The third kappa shape index (κ3) is 3.42. The first kappa shape index (κ1) is 14.2. The first-order valence-corrected chi connectivity index (χ1v) is 6.43. The molecule has 1 fully saturated rings. The summed E-state index contributed by atoms with van der Waals surface area (Å²) < 4.78 is 24.6. The van der Waals surface area contributed by atoms with Crippen LogP contribution in [0.5, 0.6) is 0 Å². The molecule has 2 rings (SSSR count). The lowest BCUT2D eigenvalue weighted by molar-refractivity contribution is 0.0854. The lowest BCUT2D eigenvalue weighted by Crippen LogP contribution is -2.48. The summed E-state index contributed by atoms with van der Waals surface area (Å²) in [7, 11) is 1.75. The molecule has 1 saturated heterocycles. The maximum absolute atomic E-state index is 12.3. The molecule has 0 aromatic carbocycles. The van der Waals surface area contributed by atoms with E-state index in [4.69, 9.17) is 11.6 Å². The normalized spacial score (nSPS) is 17.0. The number of aromatic nitrogens is 2. The third-order valence-electron chi connectivity index (χ3n) is 3.10. The summed E-state index contributed by atoms with van der Waals surface area (Å²) in [6, 6.07) is 0. The largest absolute Gasteiger partial charge is 0.383 e. The molecule has 0 saturated carbocycles. The number of rotatable bonds is 4. The average molecular weight is 292 g/mol. The van der Waals surface area contributed by atoms with Crippen LogP contribution in [0.15, 0.2) is 6.33 Å². The van der Waals surface area contributed by atoms with Gasteiger partial charge in [0, 0.05) is 33.2 Å². The fraction of sp³-hybridized carbons (Fsp3) is 0.636. The van der Waals surface area contributed by atoms with Crippen LogP contribution < -0.4 is 10.2 Å². The number of piperazine rings is 1. The average Bonchev–Trinajstić information content (AvgIpc) is 2.38. The van der Waals surface area contributed by atoms with E-state index < -0.39 is 6.43 Å². The van der Waals surface area contributed by atoms with Crippen molar-refractivity contribution in [2.45, 2.75) is 6.43 Å². The number of nitrogens with zero attached hydrogens (tertiary/aromatic N) is 4. The lowest BCUT2D eigenvalue weighted by atomic mass is 10.3. The van der Waals surface area contributed by atoms with E-state index >= 15 is 0 Å². The van der Waals surface area contributed by atoms with E-state index in [-0.39, 0.29) is 6.54 Å². The highest BCUT2D eigenvalue weighted by molar-refractivity contribution is 6.32. The zero-order valence-electron chi connectivity index (χ0n) is 10.6. The van der Waals surface area contributed by atoms with Crippen molar-refractivity contribution < 1.29 is 8.78 Å². The molecular formula is C11H16ClF2N5. The van der Waals surface area contributed by atoms with Gasteiger partial charge in [-0.15, -0.1) is 0 Å². The maximum Gasteiger partial charge on any atom is 0.251 e. The molecule has 1 aliphatic heterocycles. The minimum Gasteiger partial charge on any atom is -0.383 e. The molecule has 0 spiro atoms. The molecule has 106 valence electrons. The molecule has 0 unspecified atom stereocenters. The lowest BCUT2D eigenvalue weighted by Gasteiger charge is -2.35. The Kier molecular flexibility index (Phi) is 4.71. The predicted molar refractivity (Wildman–Crippen MR) is 71.2 cm³/mol. The SMILES string of the molecule is CNc1c(Cl)ncnc1N1CCN(CC(F)F)CC1. The molecule has 2 heterocycles. The topological polar surface area (TPSA) is 44.3 Å². The summed E-state index contributed by atoms with van der Waals surface area (Å²) in [5.41, 5.74) is 0.673. The molecule has 0 bridgehead atoms. The fourth-order valence-electron chi connectivity index (χ4n) is 2.15. The molecule has 0 aliphatic carbocycles. The second-order valence-electron chi connectivity index (χ2n) is 4.29. The Morgan fingerprint density at radius 1 is 1.32 bits per heavy atom. The van der Waals surface area contributed by atoms with Crippen molar-refractivity contribution >= 4 is 23.1 Å². The van der Waals surface area contributed by atoms with E-state index in [1.54, 1.807) is 11.9 Å². The molecule has 0 atom stereocenters. The first-order chi connectivity index (χ1) is 9.11. The van der Waals surface area contributed by atoms with Crippen molar-refractivity contribution in [3.05, 3.63) is 11.5 Å². The highest BCUT2D eigenvalue weighted by Crippen LogP contribution is 2.29. The van der Waals surface area contributed by atoms with Crippen LogP contribution in [-0.4, -0.2) is 61.1 Å². The second-order valence-corrected chi connectivity index (χ2v) is 4.65. The van der Waals surface area contributed by atoms with Gasteiger partial charge in [0.05, 0.1) is 6.54 Å². The molecule has 1 aromatic heterocycles. The highest BCUT2D eigenvalue weighted by Gasteiger charge is 2.22. The molecule has 1 N–H and O–H groups in total. The molecule has 0 radical (unpaired) electrons. The van der Waals surface area contributed by atoms with Crippen molar-refractivity contribution in [2.24, 2.45) is 0 Å². The summed E-state index contributed by atoms with van der Waals surface area (Å²) >= 11 is 6.00. The summed E-state index contributed by atoms with van der Waals surface area (Å²) in [5, 5.41) is 3.34. The van der Waals surface area contributed by atoms with Crippen LogP contribution in [0.4, 0.5) is 20.3 Å². The van der Waals surface area contributed by atoms with E-state index in [0.29, 0.717) is 37.0 Å². The van der Waals surface area contributed by atoms with Gasteiger partial charge in [0.25, 0.3) is 6.43 Å². The monoisotopic (exact) mass is 291 g/mol. The Morgan fingerprint density at radius 2 is 2.00 bits per heavy atom. The molecular weight excluding hydrogens is 276 g/mol. The van der Waals surface area contributed by atoms with Crippen molar-refractivity contribution in [3.8, 4) is 0 Å². The van der Waals surface area contributed by atoms with Gasteiger partial charge in [-0.05, 0) is 0 Å². The fourth-order valence-corrected chi connectivity index (χ4v) is 2.37. The highest BCUT2D eigenvalue weighted by atomic mass is 35.5. The van der Waals surface area contributed by atoms with Crippen molar-refractivity contribution in [1.29, 1.82) is 0 Å². The maximum atomic E-state index is 12.3. The number of anilines is 2. The number of alkyl halides is 2. The van der Waals surface area contributed by atoms with Gasteiger partial charge in [-0.25, -0.2) is 18.7 Å². The van der Waals surface area contributed by atoms with Crippen LogP contribution in [0.2, 0.25) is 5.15 Å². The van der Waals surface area contributed by atoms with Gasteiger partial charge in [-0.1, -0.05) is 11.6 Å². The van der Waals surface area contributed by atoms with Crippen molar-refractivity contribution in [3.63, 3.8) is 0 Å². The van der Waals surface area contributed by atoms with E-state index in [0.717, 1.165) is 5.82 Å². The number of hydrogen-bond donors (Lipinski definition) is 1. The van der Waals surface area contributed by atoms with Crippen LogP contribution in [0.25, 0.3) is 0 Å². The van der Waals surface area contributed by atoms with Gasteiger partial charge in [0.1, 0.15) is 12.0 Å². The van der Waals surface area contributed by atoms with E-state index in [2.05, 4.69) is 15.3 Å². The van der Waals surface area contributed by atoms with Gasteiger partial charge in [0.15, 0.2) is 11.0 Å². The predicted octanol–water partition coefficient (Wildman–Crippen LogP) is 1.56. The van der Waals surface area contributed by atoms with Crippen molar-refractivity contribution in [1.82, 2.24) is 14.9 Å². The number of hydrogen-bond acceptors (Lipinski definition) is 5. The standard InChI is InChI=1S/C11H16ClF2N5/c1-15-9-10(12)16-7-17-11(9)19-4-2-18(3-5-19)6-8(13)14/h7-8,15H,2-6H2,1H3. The van der Waals surface area contributed by atoms with Crippen molar-refractivity contribution in [2.75, 3.05) is 50.0 Å². The van der Waals surface area contributed by atoms with Gasteiger partial charge < -0.3 is 10.2 Å². The molecule has 1 aliphatic rings. The van der Waals surface area contributed by atoms with Crippen LogP contribution in [0.1, 0.15) is 0 Å². The Labute approximate surface area is 115 Å². The summed E-state index contributed by atoms with van der Waals surface area (Å²) in [6.07, 6.45) is -0.878. The summed E-state index contributed by atoms with van der Waals surface area (Å²) in [4.78, 5) is 11.9. The zero-order valence-corrected chi connectivity index (χ0v) is 11.4. The number of nitrogens with one attached hydrogen (secondary N) is 1. The zero-order chi connectivity index (χ0) is 13.8. The molecule has 0 amide bonds. The minimum atomic E-state index is -2.28. The Hall–Kier alpha value is -1.21. The molecule has 5 nitrogen and oxygen atoms in total. The quantitative estimate of drug-likeness (QED) is 0.853. The van der Waals surface area contributed by atoms with Crippen LogP contribution in [0, 0.1) is 0 Å². The number of halogens is 3. The summed E-state index contributed by atoms with van der Waals surface area (Å²) in [5.74, 6) is 0.721. The minimum absolute atomic E-state index is 0.169. The molecule has 8 heteroatoms. The van der Waals surface area contributed by atoms with Gasteiger partial charge >= 0.3 is 0 Å². The Morgan fingerprint density at radius 3 is 2.58 bits per heavy atom. The summed E-state index contributed by atoms with van der Waals surface area (Å²) in [6.45, 7) is 2.31. The van der Waals surface area contributed by atoms with E-state index in [1.165, 1.54) is 6.33 Å². The third-order valence-corrected chi connectivity index (χ3v) is 3.39. The van der Waals surface area contributed by atoms with Crippen LogP contribution in [0.3, 0.4) is 0 Å². The van der Waals surface area contributed by atoms with Crippen LogP contribution >= 0.6 is 11.6 Å². The molecule has 19 heavy (non-hydrogen) atoms. The Balaban J connectivity index is 2.03. The van der Waals surface area contributed by atoms with Gasteiger partial charge in [-0.2, -0.15) is 0 Å². The van der Waals surface area contributed by atoms with Gasteiger partial charge in [0.2, 0.25) is 0 Å². The van der Waals surface area contributed by atoms with E-state index in [1.807, 2.05) is 4.90 Å². The smallest absolute Gasteiger partial charge is 0.251 e. The van der Waals surface area contributed by atoms with Gasteiger partial charge in [-0.3, -0.25) is 4.90 Å².